The van der Waals surface area contributed by atoms with Gasteiger partial charge >= 0.3 is 6.09 Å². The molecule has 1 aliphatic heterocycles. The summed E-state index contributed by atoms with van der Waals surface area (Å²) in [5.74, 6) is 0.804. The Labute approximate surface area is 217 Å². The van der Waals surface area contributed by atoms with Crippen molar-refractivity contribution < 1.29 is 28.5 Å². The van der Waals surface area contributed by atoms with Gasteiger partial charge in [-0.15, -0.1) is 0 Å². The summed E-state index contributed by atoms with van der Waals surface area (Å²) in [4.78, 5) is 29.5. The van der Waals surface area contributed by atoms with E-state index in [0.717, 1.165) is 5.56 Å². The largest absolute Gasteiger partial charge is 0.496 e. The lowest BCUT2D eigenvalue weighted by molar-refractivity contribution is -0.123. The van der Waals surface area contributed by atoms with Crippen LogP contribution in [-0.2, 0) is 21.6 Å². The summed E-state index contributed by atoms with van der Waals surface area (Å²) in [7, 11) is 4.52. The number of alkyl carbamates (subject to hydrolysis) is 1. The highest BCUT2D eigenvalue weighted by Gasteiger charge is 2.55. The van der Waals surface area contributed by atoms with Gasteiger partial charge in [0, 0.05) is 17.2 Å². The molecule has 0 unspecified atom stereocenters. The summed E-state index contributed by atoms with van der Waals surface area (Å²) in [5.41, 5.74) is 0.164. The highest BCUT2D eigenvalue weighted by Crippen LogP contribution is 2.50. The lowest BCUT2D eigenvalue weighted by Gasteiger charge is -2.33. The Kier molecular flexibility index (Phi) is 7.03. The summed E-state index contributed by atoms with van der Waals surface area (Å²) in [6.45, 7) is 5.61. The fourth-order valence-corrected chi connectivity index (χ4v) is 4.60. The SMILES string of the molecule is COc1cc(OC)c([C@@]2(NC(=O)OC(C)(C)C)C(=O)N(Cc3ccccc3)c3ccccc32)cc1OC. The molecule has 37 heavy (non-hydrogen) atoms. The molecule has 0 bridgehead atoms. The van der Waals surface area contributed by atoms with E-state index in [1.807, 2.05) is 54.6 Å². The van der Waals surface area contributed by atoms with Gasteiger partial charge in [-0.05, 0) is 38.5 Å². The minimum Gasteiger partial charge on any atom is -0.496 e. The van der Waals surface area contributed by atoms with Crippen LogP contribution >= 0.6 is 0 Å². The maximum absolute atomic E-state index is 14.5. The van der Waals surface area contributed by atoms with E-state index in [2.05, 4.69) is 5.32 Å². The zero-order valence-electron chi connectivity index (χ0n) is 22.0. The molecule has 0 radical (unpaired) electrons. The fourth-order valence-electron chi connectivity index (χ4n) is 4.60. The van der Waals surface area contributed by atoms with E-state index in [1.165, 1.54) is 21.3 Å². The van der Waals surface area contributed by atoms with Crippen LogP contribution in [0.3, 0.4) is 0 Å². The van der Waals surface area contributed by atoms with Gasteiger partial charge in [-0.25, -0.2) is 4.79 Å². The molecule has 2 amide bonds. The molecule has 1 atom stereocenters. The van der Waals surface area contributed by atoms with E-state index in [-0.39, 0.29) is 5.91 Å². The van der Waals surface area contributed by atoms with Crippen LogP contribution in [0.25, 0.3) is 0 Å². The first-order valence-corrected chi connectivity index (χ1v) is 11.9. The predicted octanol–water partition coefficient (Wildman–Crippen LogP) is 5.03. The van der Waals surface area contributed by atoms with Crippen molar-refractivity contribution >= 4 is 17.7 Å². The third-order valence-corrected chi connectivity index (χ3v) is 6.15. The molecule has 0 aromatic heterocycles. The molecule has 8 heteroatoms. The third kappa shape index (κ3) is 4.79. The second kappa shape index (κ2) is 10.0. The van der Waals surface area contributed by atoms with Crippen LogP contribution in [0, 0.1) is 0 Å². The maximum atomic E-state index is 14.5. The number of rotatable bonds is 7. The summed E-state index contributed by atoms with van der Waals surface area (Å²) in [5, 5.41) is 2.92. The molecule has 3 aromatic carbocycles. The van der Waals surface area contributed by atoms with Gasteiger partial charge in [0.05, 0.1) is 33.6 Å². The Hall–Kier alpha value is -4.20. The van der Waals surface area contributed by atoms with Crippen molar-refractivity contribution in [1.82, 2.24) is 5.32 Å². The molecule has 1 aliphatic rings. The molecule has 0 saturated heterocycles. The van der Waals surface area contributed by atoms with Gasteiger partial charge in [0.25, 0.3) is 5.91 Å². The molecular weight excluding hydrogens is 472 g/mol. The van der Waals surface area contributed by atoms with Crippen LogP contribution in [0.15, 0.2) is 66.7 Å². The first-order chi connectivity index (χ1) is 17.6. The normalized spacial score (nSPS) is 16.7. The Morgan fingerprint density at radius 2 is 1.43 bits per heavy atom. The van der Waals surface area contributed by atoms with Crippen molar-refractivity contribution in [2.24, 2.45) is 0 Å². The number of para-hydroxylation sites is 1. The first kappa shape index (κ1) is 25.9. The predicted molar refractivity (Wildman–Crippen MR) is 140 cm³/mol. The minimum atomic E-state index is -1.65. The highest BCUT2D eigenvalue weighted by atomic mass is 16.6. The van der Waals surface area contributed by atoms with Crippen LogP contribution < -0.4 is 24.4 Å². The molecule has 8 nitrogen and oxygen atoms in total. The van der Waals surface area contributed by atoms with Crippen LogP contribution in [0.5, 0.6) is 17.2 Å². The summed E-state index contributed by atoms with van der Waals surface area (Å²) in [6, 6.07) is 20.4. The fraction of sp³-hybridized carbons (Fsp3) is 0.310. The van der Waals surface area contributed by atoms with E-state index >= 15 is 0 Å². The lowest BCUT2D eigenvalue weighted by Crippen LogP contribution is -2.54. The maximum Gasteiger partial charge on any atom is 0.409 e. The van der Waals surface area contributed by atoms with E-state index < -0.39 is 17.2 Å². The number of fused-ring (bicyclic) bond motifs is 1. The monoisotopic (exact) mass is 504 g/mol. The Balaban J connectivity index is 1.97. The Morgan fingerprint density at radius 1 is 0.838 bits per heavy atom. The number of hydrogen-bond acceptors (Lipinski definition) is 6. The molecule has 1 N–H and O–H groups in total. The van der Waals surface area contributed by atoms with Gasteiger partial charge in [-0.3, -0.25) is 10.1 Å². The van der Waals surface area contributed by atoms with Crippen LogP contribution in [0.2, 0.25) is 0 Å². The van der Waals surface area contributed by atoms with Gasteiger partial charge in [0.1, 0.15) is 11.4 Å². The number of hydrogen-bond donors (Lipinski definition) is 1. The number of ether oxygens (including phenoxy) is 4. The lowest BCUT2D eigenvalue weighted by atomic mass is 9.83. The molecule has 0 fully saturated rings. The molecule has 0 spiro atoms. The van der Waals surface area contributed by atoms with E-state index in [9.17, 15) is 9.59 Å². The van der Waals surface area contributed by atoms with Crippen LogP contribution in [0.1, 0.15) is 37.5 Å². The Bertz CT molecular complexity index is 1300. The highest BCUT2D eigenvalue weighted by molar-refractivity contribution is 6.12. The zero-order chi connectivity index (χ0) is 26.8. The van der Waals surface area contributed by atoms with Crippen molar-refractivity contribution in [2.75, 3.05) is 26.2 Å². The van der Waals surface area contributed by atoms with Crippen LogP contribution in [0.4, 0.5) is 10.5 Å². The topological polar surface area (TPSA) is 86.3 Å². The summed E-state index contributed by atoms with van der Waals surface area (Å²) >= 11 is 0. The first-order valence-electron chi connectivity index (χ1n) is 11.9. The van der Waals surface area contributed by atoms with E-state index in [4.69, 9.17) is 18.9 Å². The van der Waals surface area contributed by atoms with Gasteiger partial charge in [0.15, 0.2) is 17.0 Å². The van der Waals surface area contributed by atoms with Crippen molar-refractivity contribution in [1.29, 1.82) is 0 Å². The van der Waals surface area contributed by atoms with Crippen molar-refractivity contribution in [3.8, 4) is 17.2 Å². The second-order valence-electron chi connectivity index (χ2n) is 9.68. The molecule has 3 aromatic rings. The Morgan fingerprint density at radius 3 is 2.05 bits per heavy atom. The van der Waals surface area contributed by atoms with Gasteiger partial charge < -0.3 is 23.8 Å². The molecule has 0 aliphatic carbocycles. The van der Waals surface area contributed by atoms with Crippen molar-refractivity contribution in [3.05, 3.63) is 83.4 Å². The number of anilines is 1. The molecule has 1 heterocycles. The smallest absolute Gasteiger partial charge is 0.409 e. The number of nitrogens with one attached hydrogen (secondary N) is 1. The standard InChI is InChI=1S/C29H32N2O6/c1-28(2,3)37-27(33)30-29(21-16-24(35-5)25(36-6)17-23(21)34-4)20-14-10-11-15-22(20)31(26(29)32)18-19-12-8-7-9-13-19/h7-17H,18H2,1-6H3,(H,30,33)/t29-/m1/s1. The average Bonchev–Trinajstić information content (AvgIpc) is 3.10. The van der Waals surface area contributed by atoms with Crippen molar-refractivity contribution in [3.63, 3.8) is 0 Å². The van der Waals surface area contributed by atoms with E-state index in [0.29, 0.717) is 40.6 Å². The molecular formula is C29H32N2O6. The van der Waals surface area contributed by atoms with E-state index in [1.54, 1.807) is 37.8 Å². The van der Waals surface area contributed by atoms with Gasteiger partial charge in [-0.1, -0.05) is 48.5 Å². The summed E-state index contributed by atoms with van der Waals surface area (Å²) < 4.78 is 22.4. The number of amides is 2. The minimum absolute atomic E-state index is 0.310. The number of benzene rings is 3. The summed E-state index contributed by atoms with van der Waals surface area (Å²) in [6.07, 6.45) is -0.742. The quantitative estimate of drug-likeness (QED) is 0.486. The number of carbonyl (C=O) groups is 2. The number of nitrogens with zero attached hydrogens (tertiary/aromatic N) is 1. The molecule has 0 saturated carbocycles. The second-order valence-corrected chi connectivity index (χ2v) is 9.68. The number of carbonyl (C=O) groups excluding carboxylic acids is 2. The zero-order valence-corrected chi connectivity index (χ0v) is 22.0. The average molecular weight is 505 g/mol. The van der Waals surface area contributed by atoms with Gasteiger partial charge in [0.2, 0.25) is 0 Å². The van der Waals surface area contributed by atoms with Gasteiger partial charge in [-0.2, -0.15) is 0 Å². The van der Waals surface area contributed by atoms with Crippen LogP contribution in [-0.4, -0.2) is 38.9 Å². The third-order valence-electron chi connectivity index (χ3n) is 6.15. The van der Waals surface area contributed by atoms with Crippen molar-refractivity contribution in [2.45, 2.75) is 38.5 Å². The molecule has 4 rings (SSSR count). The molecule has 194 valence electrons. The number of methoxy groups -OCH3 is 3.